The molecular formula is C28H32ClN3O4S. The topological polar surface area (TPSA) is 86.8 Å². The molecular weight excluding hydrogens is 510 g/mol. The van der Waals surface area contributed by atoms with Gasteiger partial charge in [-0.3, -0.25) is 9.59 Å². The highest BCUT2D eigenvalue weighted by Gasteiger charge is 2.32. The fourth-order valence-electron chi connectivity index (χ4n) is 3.89. The Morgan fingerprint density at radius 3 is 2.14 bits per heavy atom. The second kappa shape index (κ2) is 12.9. The van der Waals surface area contributed by atoms with Crippen molar-refractivity contribution in [2.24, 2.45) is 0 Å². The zero-order valence-electron chi connectivity index (χ0n) is 21.2. The van der Waals surface area contributed by atoms with Gasteiger partial charge in [0.2, 0.25) is 21.8 Å². The summed E-state index contributed by atoms with van der Waals surface area (Å²) in [6, 6.07) is 22.0. The van der Waals surface area contributed by atoms with E-state index in [-0.39, 0.29) is 23.8 Å². The maximum absolute atomic E-state index is 13.7. The second-order valence-corrected chi connectivity index (χ2v) is 11.3. The van der Waals surface area contributed by atoms with Crippen LogP contribution in [0.5, 0.6) is 0 Å². The first kappa shape index (κ1) is 28.4. The Labute approximate surface area is 224 Å². The minimum atomic E-state index is -3.91. The lowest BCUT2D eigenvalue weighted by Crippen LogP contribution is -2.53. The number of hydrogen-bond acceptors (Lipinski definition) is 4. The number of benzene rings is 3. The Morgan fingerprint density at radius 2 is 1.54 bits per heavy atom. The van der Waals surface area contributed by atoms with Crippen LogP contribution in [-0.4, -0.2) is 55.6 Å². The van der Waals surface area contributed by atoms with Crippen LogP contribution in [0, 0.1) is 6.92 Å². The van der Waals surface area contributed by atoms with Crippen LogP contribution in [0.15, 0.2) is 83.8 Å². The van der Waals surface area contributed by atoms with Crippen LogP contribution in [-0.2, 0) is 32.6 Å². The molecule has 0 aliphatic carbocycles. The molecule has 7 nitrogen and oxygen atoms in total. The minimum absolute atomic E-state index is 0.0993. The van der Waals surface area contributed by atoms with E-state index in [0.717, 1.165) is 21.0 Å². The Hall–Kier alpha value is -3.20. The molecule has 0 bridgehead atoms. The molecule has 3 aromatic carbocycles. The van der Waals surface area contributed by atoms with Gasteiger partial charge in [-0.05, 0) is 49.2 Å². The average Bonchev–Trinajstić information content (AvgIpc) is 2.88. The number of aryl methyl sites for hydroxylation is 1. The number of nitrogens with one attached hydrogen (secondary N) is 1. The average molecular weight is 542 g/mol. The molecule has 1 N–H and O–H groups in total. The molecule has 0 heterocycles. The van der Waals surface area contributed by atoms with Crippen molar-refractivity contribution in [1.29, 1.82) is 0 Å². The van der Waals surface area contributed by atoms with Gasteiger partial charge in [-0.1, -0.05) is 71.8 Å². The molecule has 196 valence electrons. The van der Waals surface area contributed by atoms with Crippen molar-refractivity contribution < 1.29 is 18.0 Å². The molecule has 3 rings (SSSR count). The van der Waals surface area contributed by atoms with E-state index in [2.05, 4.69) is 5.32 Å². The highest BCUT2D eigenvalue weighted by molar-refractivity contribution is 7.89. The van der Waals surface area contributed by atoms with Gasteiger partial charge in [-0.25, -0.2) is 8.42 Å². The molecule has 1 atom stereocenters. The van der Waals surface area contributed by atoms with Crippen LogP contribution < -0.4 is 5.32 Å². The van der Waals surface area contributed by atoms with E-state index in [9.17, 15) is 18.0 Å². The summed E-state index contributed by atoms with van der Waals surface area (Å²) in [4.78, 5) is 28.5. The molecule has 3 aromatic rings. The van der Waals surface area contributed by atoms with Crippen molar-refractivity contribution in [2.75, 3.05) is 20.1 Å². The van der Waals surface area contributed by atoms with Crippen molar-refractivity contribution in [3.05, 3.63) is 101 Å². The first-order valence-electron chi connectivity index (χ1n) is 12.0. The standard InChI is InChI=1S/C28H32ClN3O4S/c1-4-30-28(34)26(18-22-8-6-5-7-9-22)32(19-23-12-14-24(29)15-13-23)27(33)20-31(3)37(35,36)25-16-10-21(2)11-17-25/h5-17,26H,4,18-20H2,1-3H3,(H,30,34)/t26-/m0/s1. The molecule has 0 spiro atoms. The van der Waals surface area contributed by atoms with E-state index >= 15 is 0 Å². The van der Waals surface area contributed by atoms with Crippen molar-refractivity contribution in [2.45, 2.75) is 37.8 Å². The van der Waals surface area contributed by atoms with Crippen LogP contribution >= 0.6 is 11.6 Å². The van der Waals surface area contributed by atoms with E-state index in [0.29, 0.717) is 11.6 Å². The molecule has 0 aliphatic rings. The van der Waals surface area contributed by atoms with E-state index in [1.54, 1.807) is 36.4 Å². The largest absolute Gasteiger partial charge is 0.355 e. The number of rotatable bonds is 11. The fraction of sp³-hybridized carbons (Fsp3) is 0.286. The molecule has 0 aromatic heterocycles. The van der Waals surface area contributed by atoms with E-state index in [1.165, 1.54) is 24.1 Å². The number of amides is 2. The van der Waals surface area contributed by atoms with Gasteiger partial charge in [-0.15, -0.1) is 0 Å². The number of carbonyl (C=O) groups excluding carboxylic acids is 2. The third-order valence-corrected chi connectivity index (χ3v) is 8.04. The Kier molecular flexibility index (Phi) is 9.86. The van der Waals surface area contributed by atoms with Gasteiger partial charge in [0.25, 0.3) is 0 Å². The third kappa shape index (κ3) is 7.64. The fourth-order valence-corrected chi connectivity index (χ4v) is 5.14. The molecule has 0 aliphatic heterocycles. The van der Waals surface area contributed by atoms with Crippen LogP contribution in [0.2, 0.25) is 5.02 Å². The predicted octanol–water partition coefficient (Wildman–Crippen LogP) is 4.05. The summed E-state index contributed by atoms with van der Waals surface area (Å²) in [5.74, 6) is -0.793. The highest BCUT2D eigenvalue weighted by Crippen LogP contribution is 2.19. The molecule has 2 amide bonds. The summed E-state index contributed by atoms with van der Waals surface area (Å²) >= 11 is 6.04. The first-order chi connectivity index (χ1) is 17.6. The smallest absolute Gasteiger partial charge is 0.243 e. The van der Waals surface area contributed by atoms with Crippen LogP contribution in [0.1, 0.15) is 23.6 Å². The summed E-state index contributed by atoms with van der Waals surface area (Å²) in [5.41, 5.74) is 2.58. The monoisotopic (exact) mass is 541 g/mol. The number of halogens is 1. The molecule has 0 unspecified atom stereocenters. The Morgan fingerprint density at radius 1 is 0.919 bits per heavy atom. The van der Waals surface area contributed by atoms with Gasteiger partial charge in [0, 0.05) is 31.6 Å². The molecule has 0 saturated carbocycles. The molecule has 0 radical (unpaired) electrons. The summed E-state index contributed by atoms with van der Waals surface area (Å²) in [6.07, 6.45) is 0.278. The van der Waals surface area contributed by atoms with Crippen LogP contribution in [0.3, 0.4) is 0 Å². The predicted molar refractivity (Wildman–Crippen MR) is 146 cm³/mol. The van der Waals surface area contributed by atoms with Gasteiger partial charge in [0.15, 0.2) is 0 Å². The first-order valence-corrected chi connectivity index (χ1v) is 13.8. The summed E-state index contributed by atoms with van der Waals surface area (Å²) in [5, 5.41) is 3.38. The van der Waals surface area contributed by atoms with Crippen molar-refractivity contribution in [3.63, 3.8) is 0 Å². The number of hydrogen-bond donors (Lipinski definition) is 1. The summed E-state index contributed by atoms with van der Waals surface area (Å²) < 4.78 is 27.3. The lowest BCUT2D eigenvalue weighted by Gasteiger charge is -2.32. The normalized spacial score (nSPS) is 12.2. The van der Waals surface area contributed by atoms with Gasteiger partial charge in [0.05, 0.1) is 11.4 Å². The molecule has 0 fully saturated rings. The zero-order valence-corrected chi connectivity index (χ0v) is 22.8. The van der Waals surface area contributed by atoms with Crippen molar-refractivity contribution in [1.82, 2.24) is 14.5 Å². The number of nitrogens with zero attached hydrogens (tertiary/aromatic N) is 2. The Balaban J connectivity index is 1.94. The van der Waals surface area contributed by atoms with Gasteiger partial charge in [0.1, 0.15) is 6.04 Å². The number of carbonyl (C=O) groups is 2. The molecule has 0 saturated heterocycles. The molecule has 9 heteroatoms. The maximum atomic E-state index is 13.7. The Bertz CT molecular complexity index is 1300. The highest BCUT2D eigenvalue weighted by atomic mass is 35.5. The van der Waals surface area contributed by atoms with E-state index in [1.807, 2.05) is 44.2 Å². The second-order valence-electron chi connectivity index (χ2n) is 8.82. The lowest BCUT2D eigenvalue weighted by atomic mass is 10.0. The quantitative estimate of drug-likeness (QED) is 0.397. The van der Waals surface area contributed by atoms with Crippen LogP contribution in [0.4, 0.5) is 0 Å². The number of sulfonamides is 1. The molecule has 37 heavy (non-hydrogen) atoms. The van der Waals surface area contributed by atoms with Crippen LogP contribution in [0.25, 0.3) is 0 Å². The summed E-state index contributed by atoms with van der Waals surface area (Å²) in [6.45, 7) is 3.77. The van der Waals surface area contributed by atoms with Crippen molar-refractivity contribution >= 4 is 33.4 Å². The number of likely N-dealkylation sites (N-methyl/N-ethyl adjacent to an activating group) is 2. The third-order valence-electron chi connectivity index (χ3n) is 5.98. The maximum Gasteiger partial charge on any atom is 0.243 e. The van der Waals surface area contributed by atoms with Crippen molar-refractivity contribution in [3.8, 4) is 0 Å². The lowest BCUT2D eigenvalue weighted by molar-refractivity contribution is -0.141. The van der Waals surface area contributed by atoms with E-state index in [4.69, 9.17) is 11.6 Å². The SMILES string of the molecule is CCNC(=O)[C@H](Cc1ccccc1)N(Cc1ccc(Cl)cc1)C(=O)CN(C)S(=O)(=O)c1ccc(C)cc1. The summed E-state index contributed by atoms with van der Waals surface area (Å²) in [7, 11) is -2.54. The van der Waals surface area contributed by atoms with Gasteiger partial charge in [-0.2, -0.15) is 4.31 Å². The minimum Gasteiger partial charge on any atom is -0.355 e. The van der Waals surface area contributed by atoms with Gasteiger partial charge < -0.3 is 10.2 Å². The van der Waals surface area contributed by atoms with E-state index < -0.39 is 28.5 Å². The zero-order chi connectivity index (χ0) is 27.0. The van der Waals surface area contributed by atoms with Gasteiger partial charge >= 0.3 is 0 Å².